The Hall–Kier alpha value is -4.82. The number of aliphatic hydroxyl groups excluding tert-OH is 1. The fourth-order valence-electron chi connectivity index (χ4n) is 3.86. The zero-order valence-corrected chi connectivity index (χ0v) is 21.2. The van der Waals surface area contributed by atoms with Gasteiger partial charge in [0, 0.05) is 0 Å². The van der Waals surface area contributed by atoms with Gasteiger partial charge in [0.15, 0.2) is 17.0 Å². The SMILES string of the molecule is O=C(NC(CO)(C(=O)O)c1ccc(OCc2ccccc2)c(OCc2ccccc2)c1)OCc1ccccc1. The summed E-state index contributed by atoms with van der Waals surface area (Å²) in [7, 11) is 0. The first-order valence-electron chi connectivity index (χ1n) is 12.3. The first-order valence-corrected chi connectivity index (χ1v) is 12.3. The molecule has 0 radical (unpaired) electrons. The number of carboxylic acid groups (broad SMARTS) is 1. The fourth-order valence-corrected chi connectivity index (χ4v) is 3.86. The number of alkyl carbamates (subject to hydrolysis) is 1. The maximum atomic E-state index is 12.6. The molecule has 0 saturated heterocycles. The van der Waals surface area contributed by atoms with Gasteiger partial charge < -0.3 is 24.4 Å². The molecule has 0 saturated carbocycles. The Kier molecular flexibility index (Phi) is 9.16. The van der Waals surface area contributed by atoms with Crippen LogP contribution in [0.25, 0.3) is 0 Å². The Morgan fingerprint density at radius 3 is 1.64 bits per heavy atom. The van der Waals surface area contributed by atoms with E-state index in [1.54, 1.807) is 30.3 Å². The van der Waals surface area contributed by atoms with Crippen LogP contribution in [-0.2, 0) is 34.9 Å². The van der Waals surface area contributed by atoms with Gasteiger partial charge in [0.05, 0.1) is 6.61 Å². The first kappa shape index (κ1) is 27.2. The average Bonchev–Trinajstić information content (AvgIpc) is 2.98. The number of amides is 1. The third-order valence-electron chi connectivity index (χ3n) is 6.04. The van der Waals surface area contributed by atoms with Crippen molar-refractivity contribution in [1.29, 1.82) is 0 Å². The molecule has 0 aliphatic carbocycles. The van der Waals surface area contributed by atoms with Crippen LogP contribution in [0.4, 0.5) is 4.79 Å². The molecule has 0 spiro atoms. The Balaban J connectivity index is 1.59. The van der Waals surface area contributed by atoms with Crippen LogP contribution in [0, 0.1) is 0 Å². The van der Waals surface area contributed by atoms with Gasteiger partial charge in [-0.3, -0.25) is 5.32 Å². The van der Waals surface area contributed by atoms with Crippen LogP contribution < -0.4 is 14.8 Å². The molecule has 1 atom stereocenters. The molecule has 4 aromatic rings. The summed E-state index contributed by atoms with van der Waals surface area (Å²) in [5.41, 5.74) is 0.467. The predicted molar refractivity (Wildman–Crippen MR) is 144 cm³/mol. The number of hydrogen-bond acceptors (Lipinski definition) is 6. The summed E-state index contributed by atoms with van der Waals surface area (Å²) in [6, 6.07) is 32.5. The van der Waals surface area contributed by atoms with Gasteiger partial charge in [0.2, 0.25) is 0 Å². The molecule has 0 aromatic heterocycles. The van der Waals surface area contributed by atoms with E-state index >= 15 is 0 Å². The lowest BCUT2D eigenvalue weighted by Gasteiger charge is -2.29. The van der Waals surface area contributed by atoms with Crippen LogP contribution in [-0.4, -0.2) is 28.9 Å². The molecular weight excluding hydrogens is 498 g/mol. The highest BCUT2D eigenvalue weighted by Gasteiger charge is 2.43. The molecule has 1 amide bonds. The Bertz CT molecular complexity index is 1360. The van der Waals surface area contributed by atoms with Gasteiger partial charge in [-0.05, 0) is 34.4 Å². The maximum Gasteiger partial charge on any atom is 0.408 e. The summed E-state index contributed by atoms with van der Waals surface area (Å²) in [5, 5.41) is 22.7. The van der Waals surface area contributed by atoms with Crippen LogP contribution >= 0.6 is 0 Å². The maximum absolute atomic E-state index is 12.6. The molecule has 0 fully saturated rings. The second kappa shape index (κ2) is 13.1. The second-order valence-electron chi connectivity index (χ2n) is 8.77. The van der Waals surface area contributed by atoms with E-state index < -0.39 is 24.2 Å². The first-order chi connectivity index (χ1) is 19.0. The summed E-state index contributed by atoms with van der Waals surface area (Å²) in [6.07, 6.45) is -0.994. The van der Waals surface area contributed by atoms with Crippen molar-refractivity contribution >= 4 is 12.1 Å². The third kappa shape index (κ3) is 7.15. The average molecular weight is 528 g/mol. The minimum absolute atomic E-state index is 0.0640. The van der Waals surface area contributed by atoms with Crippen molar-refractivity contribution in [3.05, 3.63) is 131 Å². The molecule has 4 rings (SSSR count). The molecule has 0 heterocycles. The highest BCUT2D eigenvalue weighted by Crippen LogP contribution is 2.34. The number of hydrogen-bond donors (Lipinski definition) is 3. The van der Waals surface area contributed by atoms with Gasteiger partial charge in [-0.15, -0.1) is 0 Å². The number of nitrogens with one attached hydrogen (secondary N) is 1. The topological polar surface area (TPSA) is 114 Å². The van der Waals surface area contributed by atoms with Crippen LogP contribution in [0.2, 0.25) is 0 Å². The fraction of sp³-hybridized carbons (Fsp3) is 0.161. The van der Waals surface area contributed by atoms with Crippen molar-refractivity contribution in [2.45, 2.75) is 25.4 Å². The predicted octanol–water partition coefficient (Wildman–Crippen LogP) is 5.04. The largest absolute Gasteiger partial charge is 0.485 e. The van der Waals surface area contributed by atoms with Gasteiger partial charge in [0.1, 0.15) is 19.8 Å². The van der Waals surface area contributed by atoms with Gasteiger partial charge >= 0.3 is 12.1 Å². The number of aliphatic hydroxyl groups is 1. The van der Waals surface area contributed by atoms with E-state index in [4.69, 9.17) is 14.2 Å². The minimum Gasteiger partial charge on any atom is -0.485 e. The van der Waals surface area contributed by atoms with Crippen LogP contribution in [0.1, 0.15) is 22.3 Å². The second-order valence-corrected chi connectivity index (χ2v) is 8.77. The van der Waals surface area contributed by atoms with E-state index in [9.17, 15) is 19.8 Å². The third-order valence-corrected chi connectivity index (χ3v) is 6.04. The van der Waals surface area contributed by atoms with Gasteiger partial charge in [-0.1, -0.05) is 97.1 Å². The van der Waals surface area contributed by atoms with E-state index in [0.717, 1.165) is 16.7 Å². The van der Waals surface area contributed by atoms with Gasteiger partial charge in [0.25, 0.3) is 0 Å². The number of aliphatic carboxylic acids is 1. The zero-order valence-electron chi connectivity index (χ0n) is 21.2. The molecule has 1 unspecified atom stereocenters. The number of carbonyl (C=O) groups excluding carboxylic acids is 1. The zero-order chi connectivity index (χ0) is 27.5. The molecule has 0 aliphatic heterocycles. The lowest BCUT2D eigenvalue weighted by atomic mass is 9.90. The highest BCUT2D eigenvalue weighted by molar-refractivity contribution is 5.86. The van der Waals surface area contributed by atoms with E-state index in [2.05, 4.69) is 5.32 Å². The smallest absolute Gasteiger partial charge is 0.408 e. The van der Waals surface area contributed by atoms with Crippen molar-refractivity contribution in [2.24, 2.45) is 0 Å². The quantitative estimate of drug-likeness (QED) is 0.236. The van der Waals surface area contributed by atoms with Crippen molar-refractivity contribution in [2.75, 3.05) is 6.61 Å². The number of ether oxygens (including phenoxy) is 3. The molecule has 0 bridgehead atoms. The minimum atomic E-state index is -2.18. The molecule has 8 nitrogen and oxygen atoms in total. The molecule has 200 valence electrons. The lowest BCUT2D eigenvalue weighted by Crippen LogP contribution is -2.54. The van der Waals surface area contributed by atoms with Crippen LogP contribution in [0.15, 0.2) is 109 Å². The van der Waals surface area contributed by atoms with E-state index in [1.165, 1.54) is 12.1 Å². The van der Waals surface area contributed by atoms with Gasteiger partial charge in [-0.25, -0.2) is 9.59 Å². The Labute approximate surface area is 226 Å². The summed E-state index contributed by atoms with van der Waals surface area (Å²) >= 11 is 0. The number of carboxylic acids is 1. The molecule has 4 aromatic carbocycles. The summed E-state index contributed by atoms with van der Waals surface area (Å²) in [6.45, 7) is -0.537. The number of rotatable bonds is 12. The highest BCUT2D eigenvalue weighted by atomic mass is 16.5. The van der Waals surface area contributed by atoms with E-state index in [1.807, 2.05) is 66.7 Å². The molecule has 0 aliphatic rings. The summed E-state index contributed by atoms with van der Waals surface area (Å²) in [4.78, 5) is 25.1. The molecule has 39 heavy (non-hydrogen) atoms. The monoisotopic (exact) mass is 527 g/mol. The summed E-state index contributed by atoms with van der Waals surface area (Å²) < 4.78 is 17.3. The molecular formula is C31H29NO7. The van der Waals surface area contributed by atoms with E-state index in [-0.39, 0.29) is 31.1 Å². The summed E-state index contributed by atoms with van der Waals surface area (Å²) in [5.74, 6) is -0.832. The lowest BCUT2D eigenvalue weighted by molar-refractivity contribution is -0.147. The van der Waals surface area contributed by atoms with Crippen molar-refractivity contribution in [3.8, 4) is 11.5 Å². The molecule has 8 heteroatoms. The standard InChI is InChI=1S/C31H29NO7/c33-22-31(29(34)35,32-30(36)39-21-25-14-8-3-9-15-25)26-16-17-27(37-19-23-10-4-1-5-11-23)28(18-26)38-20-24-12-6-2-7-13-24/h1-18,33H,19-22H2,(H,32,36)(H,34,35). The molecule has 3 N–H and O–H groups in total. The van der Waals surface area contributed by atoms with Crippen LogP contribution in [0.5, 0.6) is 11.5 Å². The van der Waals surface area contributed by atoms with E-state index in [0.29, 0.717) is 5.75 Å². The number of benzene rings is 4. The Morgan fingerprint density at radius 1 is 0.667 bits per heavy atom. The van der Waals surface area contributed by atoms with Crippen molar-refractivity contribution in [1.82, 2.24) is 5.32 Å². The van der Waals surface area contributed by atoms with Gasteiger partial charge in [-0.2, -0.15) is 0 Å². The number of carbonyl (C=O) groups is 2. The van der Waals surface area contributed by atoms with Crippen molar-refractivity contribution < 1.29 is 34.0 Å². The Morgan fingerprint density at radius 2 is 1.15 bits per heavy atom. The van der Waals surface area contributed by atoms with Crippen LogP contribution in [0.3, 0.4) is 0 Å². The normalized spacial score (nSPS) is 12.1. The van der Waals surface area contributed by atoms with Crippen molar-refractivity contribution in [3.63, 3.8) is 0 Å².